The first-order valence-corrected chi connectivity index (χ1v) is 4.76. The van der Waals surface area contributed by atoms with Gasteiger partial charge in [0.25, 0.3) is 0 Å². The molecule has 1 rings (SSSR count). The Kier molecular flexibility index (Phi) is 3.62. The molecule has 0 amide bonds. The topological polar surface area (TPSA) is 39.4 Å². The van der Waals surface area contributed by atoms with Gasteiger partial charge >= 0.3 is 12.1 Å². The van der Waals surface area contributed by atoms with E-state index < -0.39 is 23.5 Å². The third-order valence-corrected chi connectivity index (χ3v) is 1.99. The SMILES string of the molecule is CCOC(=O)c1c(CC)coc1C(F)(F)F. The summed E-state index contributed by atoms with van der Waals surface area (Å²) >= 11 is 0. The second-order valence-corrected chi connectivity index (χ2v) is 3.04. The van der Waals surface area contributed by atoms with Crippen molar-refractivity contribution in [3.63, 3.8) is 0 Å². The van der Waals surface area contributed by atoms with Crippen LogP contribution in [0.15, 0.2) is 10.7 Å². The summed E-state index contributed by atoms with van der Waals surface area (Å²) in [5.74, 6) is -2.29. The van der Waals surface area contributed by atoms with Gasteiger partial charge in [0.1, 0.15) is 5.56 Å². The van der Waals surface area contributed by atoms with E-state index >= 15 is 0 Å². The average Bonchev–Trinajstić information content (AvgIpc) is 2.60. The molecule has 0 atom stereocenters. The smallest absolute Gasteiger partial charge is 0.450 e. The van der Waals surface area contributed by atoms with Crippen LogP contribution in [0.3, 0.4) is 0 Å². The quantitative estimate of drug-likeness (QED) is 0.757. The maximum atomic E-state index is 12.5. The van der Waals surface area contributed by atoms with Crippen LogP contribution in [-0.4, -0.2) is 12.6 Å². The van der Waals surface area contributed by atoms with Crippen LogP contribution in [0, 0.1) is 0 Å². The van der Waals surface area contributed by atoms with E-state index in [1.807, 2.05) is 0 Å². The number of furan rings is 1. The van der Waals surface area contributed by atoms with E-state index in [4.69, 9.17) is 0 Å². The summed E-state index contributed by atoms with van der Waals surface area (Å²) in [5.41, 5.74) is -0.317. The van der Waals surface area contributed by atoms with Gasteiger partial charge in [-0.15, -0.1) is 0 Å². The zero-order chi connectivity index (χ0) is 12.3. The average molecular weight is 236 g/mol. The molecular weight excluding hydrogens is 225 g/mol. The van der Waals surface area contributed by atoms with Crippen molar-refractivity contribution in [1.29, 1.82) is 0 Å². The number of alkyl halides is 3. The van der Waals surface area contributed by atoms with Crippen LogP contribution in [0.5, 0.6) is 0 Å². The van der Waals surface area contributed by atoms with Gasteiger partial charge < -0.3 is 9.15 Å². The minimum absolute atomic E-state index is 0.0183. The van der Waals surface area contributed by atoms with Crippen LogP contribution in [-0.2, 0) is 17.3 Å². The molecule has 3 nitrogen and oxygen atoms in total. The molecule has 0 aliphatic carbocycles. The molecule has 1 aromatic rings. The first kappa shape index (κ1) is 12.6. The summed E-state index contributed by atoms with van der Waals surface area (Å²) in [6, 6.07) is 0. The second kappa shape index (κ2) is 4.59. The molecule has 0 saturated carbocycles. The van der Waals surface area contributed by atoms with E-state index in [9.17, 15) is 18.0 Å². The van der Waals surface area contributed by atoms with Gasteiger partial charge in [0.2, 0.25) is 5.76 Å². The first-order valence-electron chi connectivity index (χ1n) is 4.76. The molecule has 0 saturated heterocycles. The molecule has 0 aliphatic rings. The second-order valence-electron chi connectivity index (χ2n) is 3.04. The van der Waals surface area contributed by atoms with Crippen LogP contribution in [0.4, 0.5) is 13.2 Å². The van der Waals surface area contributed by atoms with Crippen molar-refractivity contribution in [1.82, 2.24) is 0 Å². The molecule has 0 unspecified atom stereocenters. The molecule has 0 N–H and O–H groups in total. The van der Waals surface area contributed by atoms with Crippen LogP contribution in [0.1, 0.15) is 35.5 Å². The molecule has 0 fully saturated rings. The molecule has 0 aliphatic heterocycles. The Balaban J connectivity index is 3.21. The Morgan fingerprint density at radius 1 is 1.44 bits per heavy atom. The van der Waals surface area contributed by atoms with E-state index in [-0.39, 0.29) is 18.6 Å². The Morgan fingerprint density at radius 3 is 2.50 bits per heavy atom. The summed E-state index contributed by atoms with van der Waals surface area (Å²) in [4.78, 5) is 11.4. The number of rotatable bonds is 3. The van der Waals surface area contributed by atoms with Crippen molar-refractivity contribution in [2.45, 2.75) is 26.4 Å². The molecule has 1 aromatic heterocycles. The molecule has 6 heteroatoms. The molecule has 0 bridgehead atoms. The van der Waals surface area contributed by atoms with Gasteiger partial charge in [0.05, 0.1) is 12.9 Å². The van der Waals surface area contributed by atoms with Crippen molar-refractivity contribution in [2.24, 2.45) is 0 Å². The summed E-state index contributed by atoms with van der Waals surface area (Å²) in [6.07, 6.45) is -3.47. The summed E-state index contributed by atoms with van der Waals surface area (Å²) in [5, 5.41) is 0. The fourth-order valence-electron chi connectivity index (χ4n) is 1.29. The van der Waals surface area contributed by atoms with Crippen molar-refractivity contribution < 1.29 is 27.1 Å². The molecule has 16 heavy (non-hydrogen) atoms. The molecular formula is C10H11F3O3. The minimum Gasteiger partial charge on any atom is -0.462 e. The third-order valence-electron chi connectivity index (χ3n) is 1.99. The number of carbonyl (C=O) groups excluding carboxylic acids is 1. The lowest BCUT2D eigenvalue weighted by Gasteiger charge is -2.06. The summed E-state index contributed by atoms with van der Waals surface area (Å²) < 4.78 is 46.4. The number of aryl methyl sites for hydroxylation is 1. The van der Waals surface area contributed by atoms with Crippen molar-refractivity contribution >= 4 is 5.97 Å². The molecule has 90 valence electrons. The first-order chi connectivity index (χ1) is 7.41. The molecule has 0 radical (unpaired) electrons. The number of carbonyl (C=O) groups is 1. The molecule has 1 heterocycles. The monoisotopic (exact) mass is 236 g/mol. The largest absolute Gasteiger partial charge is 0.462 e. The van der Waals surface area contributed by atoms with Crippen molar-refractivity contribution in [3.05, 3.63) is 23.2 Å². The Bertz CT molecular complexity index is 379. The number of halogens is 3. The number of esters is 1. The van der Waals surface area contributed by atoms with E-state index in [0.29, 0.717) is 0 Å². The Labute approximate surface area is 90.2 Å². The Hall–Kier alpha value is -1.46. The molecule has 0 spiro atoms. The van der Waals surface area contributed by atoms with E-state index in [1.165, 1.54) is 6.92 Å². The Morgan fingerprint density at radius 2 is 2.06 bits per heavy atom. The van der Waals surface area contributed by atoms with Crippen LogP contribution < -0.4 is 0 Å². The number of hydrogen-bond acceptors (Lipinski definition) is 3. The lowest BCUT2D eigenvalue weighted by Crippen LogP contribution is -2.14. The maximum absolute atomic E-state index is 12.5. The van der Waals surface area contributed by atoms with Gasteiger partial charge in [-0.2, -0.15) is 13.2 Å². The lowest BCUT2D eigenvalue weighted by molar-refractivity contribution is -0.153. The highest BCUT2D eigenvalue weighted by Gasteiger charge is 2.41. The maximum Gasteiger partial charge on any atom is 0.450 e. The fraction of sp³-hybridized carbons (Fsp3) is 0.500. The van der Waals surface area contributed by atoms with Gasteiger partial charge in [0.15, 0.2) is 0 Å². The van der Waals surface area contributed by atoms with E-state index in [0.717, 1.165) is 6.26 Å². The standard InChI is InChI=1S/C10H11F3O3/c1-3-6-5-16-8(10(11,12)13)7(6)9(14)15-4-2/h5H,3-4H2,1-2H3. The summed E-state index contributed by atoms with van der Waals surface area (Å²) in [6.45, 7) is 3.18. The molecule has 0 aromatic carbocycles. The zero-order valence-corrected chi connectivity index (χ0v) is 8.85. The predicted octanol–water partition coefficient (Wildman–Crippen LogP) is 3.04. The highest BCUT2D eigenvalue weighted by atomic mass is 19.4. The lowest BCUT2D eigenvalue weighted by atomic mass is 10.1. The van der Waals surface area contributed by atoms with E-state index in [2.05, 4.69) is 9.15 Å². The van der Waals surface area contributed by atoms with Gasteiger partial charge in [-0.05, 0) is 13.3 Å². The van der Waals surface area contributed by atoms with Crippen LogP contribution >= 0.6 is 0 Å². The van der Waals surface area contributed by atoms with Gasteiger partial charge in [0, 0.05) is 5.56 Å². The third kappa shape index (κ3) is 2.37. The highest BCUT2D eigenvalue weighted by molar-refractivity contribution is 5.92. The minimum atomic E-state index is -4.69. The van der Waals surface area contributed by atoms with E-state index in [1.54, 1.807) is 6.92 Å². The van der Waals surface area contributed by atoms with Crippen molar-refractivity contribution in [3.8, 4) is 0 Å². The van der Waals surface area contributed by atoms with Crippen molar-refractivity contribution in [2.75, 3.05) is 6.61 Å². The van der Waals surface area contributed by atoms with Gasteiger partial charge in [-0.1, -0.05) is 6.92 Å². The van der Waals surface area contributed by atoms with Crippen LogP contribution in [0.25, 0.3) is 0 Å². The highest BCUT2D eigenvalue weighted by Crippen LogP contribution is 2.35. The fourth-order valence-corrected chi connectivity index (χ4v) is 1.29. The summed E-state index contributed by atoms with van der Waals surface area (Å²) in [7, 11) is 0. The number of hydrogen-bond donors (Lipinski definition) is 0. The van der Waals surface area contributed by atoms with Gasteiger partial charge in [-0.3, -0.25) is 0 Å². The number of ether oxygens (including phenoxy) is 1. The normalized spacial score (nSPS) is 11.6. The van der Waals surface area contributed by atoms with Crippen LogP contribution in [0.2, 0.25) is 0 Å². The zero-order valence-electron chi connectivity index (χ0n) is 8.85. The predicted molar refractivity (Wildman–Crippen MR) is 49.0 cm³/mol. The van der Waals surface area contributed by atoms with Gasteiger partial charge in [-0.25, -0.2) is 4.79 Å².